The number of fused-ring (bicyclic) bond motifs is 1. The number of thiazole rings is 1. The molecule has 8 nitrogen and oxygen atoms in total. The Labute approximate surface area is 181 Å². The van der Waals surface area contributed by atoms with E-state index in [9.17, 15) is 4.79 Å². The lowest BCUT2D eigenvalue weighted by Crippen LogP contribution is -2.23. The third-order valence-corrected chi connectivity index (χ3v) is 5.57. The van der Waals surface area contributed by atoms with Gasteiger partial charge < -0.3 is 9.84 Å². The van der Waals surface area contributed by atoms with Crippen LogP contribution in [0.1, 0.15) is 26.9 Å². The number of hydrogen-bond acceptors (Lipinski definition) is 7. The van der Waals surface area contributed by atoms with Gasteiger partial charge in [-0.3, -0.25) is 9.48 Å². The molecule has 154 valence electrons. The topological polar surface area (TPSA) is 98.7 Å². The van der Waals surface area contributed by atoms with E-state index >= 15 is 0 Å². The van der Waals surface area contributed by atoms with Crippen molar-refractivity contribution in [3.05, 3.63) is 82.1 Å². The van der Waals surface area contributed by atoms with Gasteiger partial charge in [0.25, 0.3) is 11.8 Å². The molecule has 5 rings (SSSR count). The zero-order valence-electron chi connectivity index (χ0n) is 16.6. The average Bonchev–Trinajstić information content (AvgIpc) is 3.52. The Morgan fingerprint density at radius 3 is 2.71 bits per heavy atom. The number of nitrogens with zero attached hydrogens (tertiary/aromatic N) is 5. The van der Waals surface area contributed by atoms with Gasteiger partial charge in [-0.05, 0) is 25.1 Å². The molecule has 3 heterocycles. The molecule has 31 heavy (non-hydrogen) atoms. The summed E-state index contributed by atoms with van der Waals surface area (Å²) >= 11 is 1.61. The Kier molecular flexibility index (Phi) is 5.01. The van der Waals surface area contributed by atoms with Gasteiger partial charge in [-0.1, -0.05) is 41.6 Å². The van der Waals surface area contributed by atoms with Crippen molar-refractivity contribution in [2.75, 3.05) is 0 Å². The molecule has 3 aromatic heterocycles. The first-order valence-corrected chi connectivity index (χ1v) is 10.6. The molecule has 0 aliphatic heterocycles. The number of hydrogen-bond donors (Lipinski definition) is 1. The molecule has 0 aliphatic rings. The largest absolute Gasteiger partial charge is 0.345 e. The lowest BCUT2D eigenvalue weighted by Gasteiger charge is -2.01. The van der Waals surface area contributed by atoms with Crippen molar-refractivity contribution >= 4 is 28.1 Å². The smallest absolute Gasteiger partial charge is 0.279 e. The number of aryl methyl sites for hydroxylation is 1. The number of carbonyl (C=O) groups excluding carboxylic acids is 1. The maximum atomic E-state index is 12.2. The first-order chi connectivity index (χ1) is 15.2. The number of rotatable bonds is 6. The minimum absolute atomic E-state index is 0.161. The molecule has 0 unspecified atom stereocenters. The number of aromatic nitrogens is 5. The Morgan fingerprint density at radius 1 is 1.10 bits per heavy atom. The summed E-state index contributed by atoms with van der Waals surface area (Å²) in [6, 6.07) is 16.9. The fraction of sp³-hybridized carbons (Fsp3) is 0.136. The second-order valence-electron chi connectivity index (χ2n) is 6.95. The number of carbonyl (C=O) groups is 1. The summed E-state index contributed by atoms with van der Waals surface area (Å²) in [7, 11) is 0. The lowest BCUT2D eigenvalue weighted by molar-refractivity contribution is 0.0949. The predicted molar refractivity (Wildman–Crippen MR) is 117 cm³/mol. The quantitative estimate of drug-likeness (QED) is 0.440. The second kappa shape index (κ2) is 8.11. The van der Waals surface area contributed by atoms with Crippen molar-refractivity contribution in [2.45, 2.75) is 20.0 Å². The first-order valence-electron chi connectivity index (χ1n) is 9.70. The summed E-state index contributed by atoms with van der Waals surface area (Å²) in [5.74, 6) is 0.502. The number of benzene rings is 2. The number of amides is 1. The van der Waals surface area contributed by atoms with E-state index in [1.54, 1.807) is 23.5 Å². The summed E-state index contributed by atoms with van der Waals surface area (Å²) in [5.41, 5.74) is 3.10. The van der Waals surface area contributed by atoms with Crippen molar-refractivity contribution in [3.8, 4) is 11.6 Å². The summed E-state index contributed by atoms with van der Waals surface area (Å²) < 4.78 is 7.35. The van der Waals surface area contributed by atoms with Crippen molar-refractivity contribution in [1.29, 1.82) is 0 Å². The van der Waals surface area contributed by atoms with E-state index in [0.717, 1.165) is 21.6 Å². The van der Waals surface area contributed by atoms with Crippen molar-refractivity contribution in [1.82, 2.24) is 30.2 Å². The molecule has 9 heteroatoms. The summed E-state index contributed by atoms with van der Waals surface area (Å²) in [6.45, 7) is 2.70. The van der Waals surface area contributed by atoms with Crippen LogP contribution in [0.2, 0.25) is 0 Å². The molecule has 0 radical (unpaired) electrons. The van der Waals surface area contributed by atoms with Crippen LogP contribution in [-0.2, 0) is 13.1 Å². The van der Waals surface area contributed by atoms with Crippen LogP contribution in [0.4, 0.5) is 0 Å². The maximum absolute atomic E-state index is 12.2. The fourth-order valence-electron chi connectivity index (χ4n) is 3.31. The number of para-hydroxylation sites is 1. The standard InChI is InChI=1S/C22H18N6O2S/c1-14-24-16(13-31-14)12-28-18-10-6-5-9-17(18)20(26-28)22-25-19(27-30-22)11-23-21(29)15-7-3-2-4-8-15/h2-10,13H,11-12H2,1H3,(H,23,29). The van der Waals surface area contributed by atoms with Crippen LogP contribution >= 0.6 is 11.3 Å². The van der Waals surface area contributed by atoms with Crippen molar-refractivity contribution < 1.29 is 9.32 Å². The summed E-state index contributed by atoms with van der Waals surface area (Å²) in [6.07, 6.45) is 0. The van der Waals surface area contributed by atoms with Gasteiger partial charge >= 0.3 is 0 Å². The van der Waals surface area contributed by atoms with Crippen LogP contribution in [0.5, 0.6) is 0 Å². The van der Waals surface area contributed by atoms with Gasteiger partial charge in [0.2, 0.25) is 0 Å². The molecule has 1 amide bonds. The van der Waals surface area contributed by atoms with E-state index < -0.39 is 0 Å². The third kappa shape index (κ3) is 3.95. The van der Waals surface area contributed by atoms with Crippen LogP contribution in [-0.4, -0.2) is 30.8 Å². The highest BCUT2D eigenvalue weighted by molar-refractivity contribution is 7.09. The van der Waals surface area contributed by atoms with E-state index in [1.807, 2.05) is 59.5 Å². The molecular formula is C22H18N6O2S. The van der Waals surface area contributed by atoms with Crippen LogP contribution in [0.25, 0.3) is 22.5 Å². The normalized spacial score (nSPS) is 11.1. The van der Waals surface area contributed by atoms with E-state index in [-0.39, 0.29) is 12.5 Å². The molecule has 0 spiro atoms. The Morgan fingerprint density at radius 2 is 1.90 bits per heavy atom. The van der Waals surface area contributed by atoms with Gasteiger partial charge in [0.05, 0.1) is 29.3 Å². The summed E-state index contributed by atoms with van der Waals surface area (Å²) in [5, 5.41) is 15.5. The molecule has 0 fully saturated rings. The van der Waals surface area contributed by atoms with Crippen LogP contribution in [0.3, 0.4) is 0 Å². The first kappa shape index (κ1) is 19.1. The van der Waals surface area contributed by atoms with Crippen LogP contribution in [0.15, 0.2) is 64.5 Å². The molecule has 0 saturated carbocycles. The van der Waals surface area contributed by atoms with Gasteiger partial charge in [0.1, 0.15) is 0 Å². The SMILES string of the molecule is Cc1nc(Cn2nc(-c3nc(CNC(=O)c4ccccc4)no3)c3ccccc32)cs1. The van der Waals surface area contributed by atoms with Crippen molar-refractivity contribution in [3.63, 3.8) is 0 Å². The molecule has 1 N–H and O–H groups in total. The van der Waals surface area contributed by atoms with Crippen LogP contribution < -0.4 is 5.32 Å². The molecular weight excluding hydrogens is 412 g/mol. The highest BCUT2D eigenvalue weighted by Gasteiger charge is 2.19. The van der Waals surface area contributed by atoms with Gasteiger partial charge in [-0.15, -0.1) is 11.3 Å². The molecule has 0 atom stereocenters. The van der Waals surface area contributed by atoms with E-state index in [0.29, 0.717) is 29.5 Å². The molecule has 5 aromatic rings. The Hall–Kier alpha value is -3.85. The van der Waals surface area contributed by atoms with Gasteiger partial charge in [0, 0.05) is 16.3 Å². The zero-order chi connectivity index (χ0) is 21.2. The highest BCUT2D eigenvalue weighted by atomic mass is 32.1. The van der Waals surface area contributed by atoms with Crippen LogP contribution in [0, 0.1) is 6.92 Å². The predicted octanol–water partition coefficient (Wildman–Crippen LogP) is 3.83. The minimum Gasteiger partial charge on any atom is -0.345 e. The average molecular weight is 430 g/mol. The molecule has 0 aliphatic carbocycles. The van der Waals surface area contributed by atoms with Gasteiger partial charge in [-0.2, -0.15) is 10.1 Å². The molecule has 0 saturated heterocycles. The van der Waals surface area contributed by atoms with Crippen molar-refractivity contribution in [2.24, 2.45) is 0 Å². The number of nitrogens with one attached hydrogen (secondary N) is 1. The fourth-order valence-corrected chi connectivity index (χ4v) is 3.92. The third-order valence-electron chi connectivity index (χ3n) is 4.75. The lowest BCUT2D eigenvalue weighted by atomic mass is 10.2. The monoisotopic (exact) mass is 430 g/mol. The van der Waals surface area contributed by atoms with E-state index in [4.69, 9.17) is 9.62 Å². The Balaban J connectivity index is 1.39. The molecule has 2 aromatic carbocycles. The maximum Gasteiger partial charge on any atom is 0.279 e. The highest BCUT2D eigenvalue weighted by Crippen LogP contribution is 2.27. The summed E-state index contributed by atoms with van der Waals surface area (Å²) in [4.78, 5) is 21.2. The second-order valence-corrected chi connectivity index (χ2v) is 8.01. The minimum atomic E-state index is -0.194. The molecule has 0 bridgehead atoms. The Bertz CT molecular complexity index is 1350. The van der Waals surface area contributed by atoms with Gasteiger partial charge in [-0.25, -0.2) is 4.98 Å². The van der Waals surface area contributed by atoms with E-state index in [2.05, 4.69) is 20.4 Å². The zero-order valence-corrected chi connectivity index (χ0v) is 17.5. The van der Waals surface area contributed by atoms with Gasteiger partial charge in [0.15, 0.2) is 11.5 Å². The van der Waals surface area contributed by atoms with E-state index in [1.165, 1.54) is 0 Å².